The number of urea groups is 1. The number of carbonyl (C=O) groups is 1. The zero-order valence-electron chi connectivity index (χ0n) is 15.9. The van der Waals surface area contributed by atoms with Gasteiger partial charge in [-0.15, -0.1) is 0 Å². The van der Waals surface area contributed by atoms with Gasteiger partial charge in [-0.05, 0) is 51.6 Å². The van der Waals surface area contributed by atoms with Gasteiger partial charge in [0, 0.05) is 18.8 Å². The molecule has 9 nitrogen and oxygen atoms in total. The van der Waals surface area contributed by atoms with Gasteiger partial charge in [-0.2, -0.15) is 0 Å². The van der Waals surface area contributed by atoms with E-state index in [1.54, 1.807) is 31.2 Å². The summed E-state index contributed by atoms with van der Waals surface area (Å²) in [6, 6.07) is 6.42. The Bertz CT molecular complexity index is 897. The topological polar surface area (TPSA) is 121 Å². The molecule has 2 rings (SSSR count). The summed E-state index contributed by atoms with van der Waals surface area (Å²) in [4.78, 5) is 18.3. The molecule has 0 bridgehead atoms. The fourth-order valence-electron chi connectivity index (χ4n) is 2.33. The molecule has 1 aromatic carbocycles. The van der Waals surface area contributed by atoms with Crippen LogP contribution >= 0.6 is 11.3 Å². The lowest BCUT2D eigenvalue weighted by Gasteiger charge is -2.20. The number of aliphatic hydroxyl groups is 1. The number of aliphatic hydroxyl groups excluding tert-OH is 1. The van der Waals surface area contributed by atoms with Crippen molar-refractivity contribution in [3.63, 3.8) is 0 Å². The van der Waals surface area contributed by atoms with E-state index < -0.39 is 16.1 Å². The number of nitrogens with zero attached hydrogens (tertiary/aromatic N) is 2. The van der Waals surface area contributed by atoms with E-state index in [4.69, 9.17) is 9.84 Å². The quantitative estimate of drug-likeness (QED) is 0.563. The average Bonchev–Trinajstić information content (AvgIpc) is 3.06. The van der Waals surface area contributed by atoms with Crippen LogP contribution in [0.3, 0.4) is 0 Å². The van der Waals surface area contributed by atoms with E-state index in [2.05, 4.69) is 15.0 Å². The molecule has 0 aliphatic heterocycles. The van der Waals surface area contributed by atoms with E-state index in [1.807, 2.05) is 6.92 Å². The molecule has 2 amide bonds. The van der Waals surface area contributed by atoms with Crippen molar-refractivity contribution >= 4 is 38.2 Å². The van der Waals surface area contributed by atoms with Crippen molar-refractivity contribution in [1.82, 2.24) is 9.71 Å². The molecule has 0 saturated carbocycles. The van der Waals surface area contributed by atoms with Gasteiger partial charge in [0.15, 0.2) is 9.34 Å². The Kier molecular flexibility index (Phi) is 7.75. The first-order valence-corrected chi connectivity index (χ1v) is 11.0. The van der Waals surface area contributed by atoms with Crippen molar-refractivity contribution in [3.8, 4) is 5.75 Å². The maximum atomic E-state index is 12.8. The Morgan fingerprint density at radius 2 is 2.00 bits per heavy atom. The molecule has 0 fully saturated rings. The largest absolute Gasteiger partial charge is 0.494 e. The highest BCUT2D eigenvalue weighted by Gasteiger charge is 2.25. The summed E-state index contributed by atoms with van der Waals surface area (Å²) < 4.78 is 31.9. The first kappa shape index (κ1) is 22.1. The van der Waals surface area contributed by atoms with Crippen LogP contribution < -0.4 is 19.7 Å². The third kappa shape index (κ3) is 5.41. The van der Waals surface area contributed by atoms with Crippen LogP contribution in [-0.4, -0.2) is 51.3 Å². The van der Waals surface area contributed by atoms with Gasteiger partial charge in [-0.3, -0.25) is 4.90 Å². The fraction of sp³-hybridized carbons (Fsp3) is 0.412. The van der Waals surface area contributed by atoms with Crippen LogP contribution in [0.2, 0.25) is 0 Å². The number of carbonyl (C=O) groups excluding carboxylic acids is 1. The number of nitrogens with one attached hydrogen (secondary N) is 2. The molecule has 3 N–H and O–H groups in total. The third-order valence-electron chi connectivity index (χ3n) is 3.69. The number of aryl methyl sites for hydroxylation is 1. The van der Waals surface area contributed by atoms with E-state index in [0.29, 0.717) is 30.2 Å². The van der Waals surface area contributed by atoms with Gasteiger partial charge in [0.25, 0.3) is 10.0 Å². The van der Waals surface area contributed by atoms with Gasteiger partial charge in [-0.25, -0.2) is 22.9 Å². The summed E-state index contributed by atoms with van der Waals surface area (Å²) in [6.07, 6.45) is 0.323. The van der Waals surface area contributed by atoms with Crippen LogP contribution in [-0.2, 0) is 10.0 Å². The Hall–Kier alpha value is -2.21. The van der Waals surface area contributed by atoms with E-state index in [0.717, 1.165) is 11.3 Å². The minimum atomic E-state index is -3.67. The van der Waals surface area contributed by atoms with E-state index in [-0.39, 0.29) is 22.5 Å². The second-order valence-electron chi connectivity index (χ2n) is 5.69. The van der Waals surface area contributed by atoms with E-state index in [1.165, 1.54) is 11.9 Å². The Labute approximate surface area is 168 Å². The minimum absolute atomic E-state index is 0.0489. The molecule has 0 spiro atoms. The van der Waals surface area contributed by atoms with Crippen molar-refractivity contribution in [2.75, 3.05) is 37.0 Å². The van der Waals surface area contributed by atoms with Gasteiger partial charge in [-0.1, -0.05) is 11.3 Å². The molecular weight excluding hydrogens is 404 g/mol. The number of ether oxygens (including phenoxy) is 1. The standard InChI is InChI=1S/C17H24N4O5S2/c1-4-26-14-8-6-13(7-9-14)20-16(23)21(10-5-11-22)17-19-12(2)15(27-17)28(24,25)18-3/h6-9,18,22H,4-5,10-11H2,1-3H3,(H,20,23). The number of thiazole rings is 1. The molecule has 0 saturated heterocycles. The van der Waals surface area contributed by atoms with Crippen molar-refractivity contribution in [2.24, 2.45) is 0 Å². The molecule has 11 heteroatoms. The highest BCUT2D eigenvalue weighted by atomic mass is 32.2. The van der Waals surface area contributed by atoms with Crippen LogP contribution in [0.25, 0.3) is 0 Å². The molecule has 0 radical (unpaired) electrons. The van der Waals surface area contributed by atoms with Gasteiger partial charge >= 0.3 is 6.03 Å². The summed E-state index contributed by atoms with van der Waals surface area (Å²) in [5, 5.41) is 12.1. The predicted octanol–water partition coefficient (Wildman–Crippen LogP) is 2.18. The first-order chi connectivity index (χ1) is 13.3. The lowest BCUT2D eigenvalue weighted by atomic mass is 10.3. The van der Waals surface area contributed by atoms with Crippen molar-refractivity contribution < 1.29 is 23.1 Å². The zero-order chi connectivity index (χ0) is 20.7. The SMILES string of the molecule is CCOc1ccc(NC(=O)N(CCCO)c2nc(C)c(S(=O)(=O)NC)s2)cc1. The summed E-state index contributed by atoms with van der Waals surface area (Å²) in [6.45, 7) is 4.07. The zero-order valence-corrected chi connectivity index (χ0v) is 17.6. The highest BCUT2D eigenvalue weighted by Crippen LogP contribution is 2.30. The summed E-state index contributed by atoms with van der Waals surface area (Å²) in [7, 11) is -2.36. The normalized spacial score (nSPS) is 11.3. The molecule has 0 aliphatic carbocycles. The molecule has 0 aliphatic rings. The summed E-state index contributed by atoms with van der Waals surface area (Å²) in [5.41, 5.74) is 0.857. The van der Waals surface area contributed by atoms with Gasteiger partial charge in [0.1, 0.15) is 5.75 Å². The number of aromatic nitrogens is 1. The number of hydrogen-bond acceptors (Lipinski definition) is 7. The molecule has 28 heavy (non-hydrogen) atoms. The summed E-state index contributed by atoms with van der Waals surface area (Å²) in [5.74, 6) is 0.690. The third-order valence-corrected chi connectivity index (χ3v) is 6.89. The number of amides is 2. The lowest BCUT2D eigenvalue weighted by Crippen LogP contribution is -2.36. The van der Waals surface area contributed by atoms with Crippen molar-refractivity contribution in [3.05, 3.63) is 30.0 Å². The number of hydrogen-bond donors (Lipinski definition) is 3. The Morgan fingerprint density at radius 1 is 1.32 bits per heavy atom. The molecule has 0 atom stereocenters. The number of sulfonamides is 1. The van der Waals surface area contributed by atoms with Crippen LogP contribution in [0.15, 0.2) is 28.5 Å². The smallest absolute Gasteiger partial charge is 0.328 e. The van der Waals surface area contributed by atoms with Gasteiger partial charge in [0.05, 0.1) is 12.3 Å². The van der Waals surface area contributed by atoms with E-state index >= 15 is 0 Å². The monoisotopic (exact) mass is 428 g/mol. The molecular formula is C17H24N4O5S2. The van der Waals surface area contributed by atoms with Crippen LogP contribution in [0, 0.1) is 6.92 Å². The molecule has 1 heterocycles. The van der Waals surface area contributed by atoms with Crippen LogP contribution in [0.1, 0.15) is 19.0 Å². The predicted molar refractivity (Wildman–Crippen MR) is 109 cm³/mol. The lowest BCUT2D eigenvalue weighted by molar-refractivity contribution is 0.254. The average molecular weight is 429 g/mol. The van der Waals surface area contributed by atoms with Crippen molar-refractivity contribution in [2.45, 2.75) is 24.5 Å². The van der Waals surface area contributed by atoms with E-state index in [9.17, 15) is 13.2 Å². The fourth-order valence-corrected chi connectivity index (χ4v) is 4.69. The maximum absolute atomic E-state index is 12.8. The number of anilines is 2. The van der Waals surface area contributed by atoms with Crippen LogP contribution in [0.5, 0.6) is 5.75 Å². The molecule has 1 aromatic heterocycles. The van der Waals surface area contributed by atoms with Crippen molar-refractivity contribution in [1.29, 1.82) is 0 Å². The Morgan fingerprint density at radius 3 is 2.57 bits per heavy atom. The highest BCUT2D eigenvalue weighted by molar-refractivity contribution is 7.91. The van der Waals surface area contributed by atoms with Gasteiger partial charge < -0.3 is 15.2 Å². The first-order valence-electron chi connectivity index (χ1n) is 8.65. The second-order valence-corrected chi connectivity index (χ2v) is 8.75. The second kappa shape index (κ2) is 9.82. The maximum Gasteiger partial charge on any atom is 0.328 e. The Balaban J connectivity index is 2.25. The summed E-state index contributed by atoms with van der Waals surface area (Å²) >= 11 is 0.899. The molecule has 2 aromatic rings. The van der Waals surface area contributed by atoms with Crippen LogP contribution in [0.4, 0.5) is 15.6 Å². The molecule has 0 unspecified atom stereocenters. The number of benzene rings is 1. The van der Waals surface area contributed by atoms with Gasteiger partial charge in [0.2, 0.25) is 0 Å². The molecule has 154 valence electrons. The number of rotatable bonds is 9. The minimum Gasteiger partial charge on any atom is -0.494 e.